The molecule has 2 aliphatic rings. The van der Waals surface area contributed by atoms with Crippen LogP contribution in [0.25, 0.3) is 5.65 Å². The third kappa shape index (κ3) is 5.91. The summed E-state index contributed by atoms with van der Waals surface area (Å²) in [5, 5.41) is 0. The van der Waals surface area contributed by atoms with Crippen molar-refractivity contribution in [3.63, 3.8) is 0 Å². The summed E-state index contributed by atoms with van der Waals surface area (Å²) in [6.45, 7) is 3.30. The van der Waals surface area contributed by atoms with Gasteiger partial charge in [0.2, 0.25) is 0 Å². The van der Waals surface area contributed by atoms with E-state index < -0.39 is 34.1 Å². The Balaban J connectivity index is 1.45. The minimum Gasteiger partial charge on any atom is -0.490 e. The molecule has 0 bridgehead atoms. The Labute approximate surface area is 232 Å². The molecule has 2 saturated heterocycles. The van der Waals surface area contributed by atoms with Crippen LogP contribution in [0.1, 0.15) is 54.7 Å². The average molecular weight is 578 g/mol. The Hall–Kier alpha value is -3.29. The first kappa shape index (κ1) is 28.2. The SMILES string of the molecule is CCCN(C)S(=O)(=O)NC(=O)c1cnc2ccc(N3CC(F)CC3c3cc(F)ccc3OC3CCOCC3)cn12. The van der Waals surface area contributed by atoms with Crippen LogP contribution in [-0.4, -0.2) is 73.6 Å². The van der Waals surface area contributed by atoms with Gasteiger partial charge < -0.3 is 14.4 Å². The zero-order chi connectivity index (χ0) is 28.4. The van der Waals surface area contributed by atoms with Crippen molar-refractivity contribution < 1.29 is 31.5 Å². The van der Waals surface area contributed by atoms with Crippen molar-refractivity contribution in [2.45, 2.75) is 50.9 Å². The molecule has 0 spiro atoms. The second-order valence-corrected chi connectivity index (χ2v) is 11.9. The molecule has 13 heteroatoms. The number of imidazole rings is 1. The van der Waals surface area contributed by atoms with Crippen molar-refractivity contribution >= 4 is 27.5 Å². The third-order valence-electron chi connectivity index (χ3n) is 7.27. The van der Waals surface area contributed by atoms with Crippen molar-refractivity contribution in [1.82, 2.24) is 18.4 Å². The van der Waals surface area contributed by atoms with Gasteiger partial charge in [-0.25, -0.2) is 18.5 Å². The normalized spacial score (nSPS) is 20.4. The Morgan fingerprint density at radius 3 is 2.77 bits per heavy atom. The highest BCUT2D eigenvalue weighted by atomic mass is 32.2. The molecule has 2 unspecified atom stereocenters. The number of fused-ring (bicyclic) bond motifs is 1. The lowest BCUT2D eigenvalue weighted by Gasteiger charge is -2.30. The van der Waals surface area contributed by atoms with E-state index in [1.54, 1.807) is 24.4 Å². The number of hydrogen-bond acceptors (Lipinski definition) is 7. The summed E-state index contributed by atoms with van der Waals surface area (Å²) in [7, 11) is -2.65. The number of rotatable bonds is 9. The van der Waals surface area contributed by atoms with Gasteiger partial charge in [-0.3, -0.25) is 9.20 Å². The molecular weight excluding hydrogens is 544 g/mol. The van der Waals surface area contributed by atoms with Gasteiger partial charge in [0.05, 0.1) is 31.1 Å². The van der Waals surface area contributed by atoms with Crippen molar-refractivity contribution in [2.24, 2.45) is 0 Å². The number of carbonyl (C=O) groups excluding carboxylic acids is 1. The number of aromatic nitrogens is 2. The minimum atomic E-state index is -4.04. The van der Waals surface area contributed by atoms with Crippen LogP contribution >= 0.6 is 0 Å². The highest BCUT2D eigenvalue weighted by Crippen LogP contribution is 2.42. The van der Waals surface area contributed by atoms with Crippen LogP contribution in [-0.2, 0) is 14.9 Å². The van der Waals surface area contributed by atoms with Gasteiger partial charge in [0.25, 0.3) is 5.91 Å². The molecule has 1 aromatic carbocycles. The van der Waals surface area contributed by atoms with Gasteiger partial charge in [0.1, 0.15) is 35.2 Å². The second-order valence-electron chi connectivity index (χ2n) is 10.1. The number of carbonyl (C=O) groups is 1. The van der Waals surface area contributed by atoms with Crippen LogP contribution in [0.2, 0.25) is 0 Å². The molecule has 1 amide bonds. The largest absolute Gasteiger partial charge is 0.490 e. The van der Waals surface area contributed by atoms with Gasteiger partial charge in [0, 0.05) is 51.2 Å². The molecule has 2 aromatic heterocycles. The van der Waals surface area contributed by atoms with Crippen LogP contribution in [0.15, 0.2) is 42.7 Å². The quantitative estimate of drug-likeness (QED) is 0.414. The molecule has 3 aromatic rings. The summed E-state index contributed by atoms with van der Waals surface area (Å²) in [5.41, 5.74) is 1.53. The monoisotopic (exact) mass is 577 g/mol. The third-order valence-corrected chi connectivity index (χ3v) is 8.71. The number of anilines is 1. The molecule has 10 nitrogen and oxygen atoms in total. The molecule has 40 heavy (non-hydrogen) atoms. The number of alkyl halides is 1. The van der Waals surface area contributed by atoms with Crippen LogP contribution in [0, 0.1) is 5.82 Å². The Morgan fingerprint density at radius 1 is 1.25 bits per heavy atom. The minimum absolute atomic E-state index is 0.00663. The van der Waals surface area contributed by atoms with Gasteiger partial charge in [-0.1, -0.05) is 6.92 Å². The van der Waals surface area contributed by atoms with Crippen LogP contribution in [0.3, 0.4) is 0 Å². The molecule has 1 N–H and O–H groups in total. The van der Waals surface area contributed by atoms with Gasteiger partial charge >= 0.3 is 10.2 Å². The number of amides is 1. The molecule has 4 heterocycles. The van der Waals surface area contributed by atoms with E-state index in [2.05, 4.69) is 9.71 Å². The molecule has 2 aliphatic heterocycles. The number of nitrogens with one attached hydrogen (secondary N) is 1. The van der Waals surface area contributed by atoms with E-state index in [1.165, 1.54) is 29.8 Å². The fourth-order valence-electron chi connectivity index (χ4n) is 5.21. The highest BCUT2D eigenvalue weighted by molar-refractivity contribution is 7.87. The maximum atomic E-state index is 14.9. The topological polar surface area (TPSA) is 105 Å². The number of halogens is 2. The number of hydrogen-bond donors (Lipinski definition) is 1. The Morgan fingerprint density at radius 2 is 2.02 bits per heavy atom. The number of nitrogens with zero attached hydrogens (tertiary/aromatic N) is 4. The lowest BCUT2D eigenvalue weighted by molar-refractivity contribution is 0.0250. The molecule has 0 radical (unpaired) electrons. The average Bonchev–Trinajstić information content (AvgIpc) is 3.53. The van der Waals surface area contributed by atoms with Crippen molar-refractivity contribution in [3.05, 3.63) is 59.8 Å². The van der Waals surface area contributed by atoms with Crippen molar-refractivity contribution in [2.75, 3.05) is 38.3 Å². The lowest BCUT2D eigenvalue weighted by Crippen LogP contribution is -2.42. The number of ether oxygens (including phenoxy) is 2. The molecule has 2 atom stereocenters. The van der Waals surface area contributed by atoms with E-state index in [0.717, 1.165) is 4.31 Å². The van der Waals surface area contributed by atoms with E-state index in [1.807, 2.05) is 11.8 Å². The van der Waals surface area contributed by atoms with E-state index in [0.29, 0.717) is 55.1 Å². The fourth-order valence-corrected chi connectivity index (χ4v) is 6.13. The van der Waals surface area contributed by atoms with E-state index in [9.17, 15) is 22.0 Å². The smallest absolute Gasteiger partial charge is 0.303 e. The van der Waals surface area contributed by atoms with E-state index >= 15 is 0 Å². The summed E-state index contributed by atoms with van der Waals surface area (Å²) < 4.78 is 70.7. The van der Waals surface area contributed by atoms with Crippen LogP contribution < -0.4 is 14.4 Å². The molecule has 2 fully saturated rings. The molecule has 0 saturated carbocycles. The summed E-state index contributed by atoms with van der Waals surface area (Å²) in [6, 6.07) is 7.19. The first-order chi connectivity index (χ1) is 19.2. The summed E-state index contributed by atoms with van der Waals surface area (Å²) in [4.78, 5) is 19.0. The van der Waals surface area contributed by atoms with Gasteiger partial charge in [-0.15, -0.1) is 0 Å². The molecular formula is C27H33F2N5O5S. The van der Waals surface area contributed by atoms with Crippen LogP contribution in [0.4, 0.5) is 14.5 Å². The fraction of sp³-hybridized carbons (Fsp3) is 0.481. The molecule has 0 aliphatic carbocycles. The van der Waals surface area contributed by atoms with Crippen molar-refractivity contribution in [1.29, 1.82) is 0 Å². The predicted molar refractivity (Wildman–Crippen MR) is 145 cm³/mol. The summed E-state index contributed by atoms with van der Waals surface area (Å²) in [5.74, 6) is -0.788. The van der Waals surface area contributed by atoms with Gasteiger partial charge in [-0.05, 0) is 36.8 Å². The Bertz CT molecular complexity index is 1480. The summed E-state index contributed by atoms with van der Waals surface area (Å²) >= 11 is 0. The zero-order valence-corrected chi connectivity index (χ0v) is 23.2. The molecule has 5 rings (SSSR count). The first-order valence-corrected chi connectivity index (χ1v) is 14.8. The first-order valence-electron chi connectivity index (χ1n) is 13.4. The number of benzene rings is 1. The Kier molecular flexibility index (Phi) is 8.24. The zero-order valence-electron chi connectivity index (χ0n) is 22.4. The second kappa shape index (κ2) is 11.7. The lowest BCUT2D eigenvalue weighted by atomic mass is 10.0. The highest BCUT2D eigenvalue weighted by Gasteiger charge is 2.36. The summed E-state index contributed by atoms with van der Waals surface area (Å²) in [6.07, 6.45) is 3.79. The van der Waals surface area contributed by atoms with E-state index in [4.69, 9.17) is 9.47 Å². The number of pyridine rings is 1. The molecule has 216 valence electrons. The maximum Gasteiger partial charge on any atom is 0.303 e. The maximum absolute atomic E-state index is 14.9. The van der Waals surface area contributed by atoms with Gasteiger partial charge in [0.15, 0.2) is 0 Å². The van der Waals surface area contributed by atoms with Crippen molar-refractivity contribution in [3.8, 4) is 5.75 Å². The van der Waals surface area contributed by atoms with Crippen LogP contribution in [0.5, 0.6) is 5.75 Å². The van der Waals surface area contributed by atoms with Gasteiger partial charge in [-0.2, -0.15) is 12.7 Å². The predicted octanol–water partition coefficient (Wildman–Crippen LogP) is 3.64. The standard InChI is InChI=1S/C27H33F2N5O5S/c1-3-10-32(2)40(36,37)31-27(35)24-15-30-26-7-5-20(17-34(24)26)33-16-19(29)14-23(33)22-13-18(28)4-6-25(22)39-21-8-11-38-12-9-21/h4-7,13,15,17,19,21,23H,3,8-12,14,16H2,1-2H3,(H,31,35). The van der Waals surface area contributed by atoms with E-state index in [-0.39, 0.29) is 31.3 Å².